The fourth-order valence-electron chi connectivity index (χ4n) is 3.76. The molecule has 0 unspecified atom stereocenters. The van der Waals surface area contributed by atoms with Gasteiger partial charge in [-0.1, -0.05) is 18.2 Å². The molecule has 108 valence electrons. The molecule has 0 amide bonds. The van der Waals surface area contributed by atoms with Gasteiger partial charge in [-0.25, -0.2) is 0 Å². The van der Waals surface area contributed by atoms with E-state index in [9.17, 15) is 9.90 Å². The summed E-state index contributed by atoms with van der Waals surface area (Å²) in [5.74, 6) is -0.656. The average Bonchev–Trinajstić information content (AvgIpc) is 2.70. The number of ether oxygens (including phenoxy) is 1. The summed E-state index contributed by atoms with van der Waals surface area (Å²) in [5, 5.41) is 10.9. The van der Waals surface area contributed by atoms with E-state index in [1.165, 1.54) is 7.11 Å². The molecule has 4 nitrogen and oxygen atoms in total. The van der Waals surface area contributed by atoms with Crippen LogP contribution in [-0.4, -0.2) is 36.4 Å². The van der Waals surface area contributed by atoms with Crippen LogP contribution >= 0.6 is 0 Å². The third kappa shape index (κ3) is 1.90. The molecule has 1 saturated heterocycles. The topological polar surface area (TPSA) is 49.8 Å². The van der Waals surface area contributed by atoms with E-state index in [0.29, 0.717) is 0 Å². The molecule has 1 fully saturated rings. The van der Waals surface area contributed by atoms with Crippen molar-refractivity contribution >= 4 is 11.7 Å². The van der Waals surface area contributed by atoms with E-state index in [2.05, 4.69) is 4.90 Å². The molecule has 0 aliphatic carbocycles. The highest BCUT2D eigenvalue weighted by Gasteiger charge is 2.52. The number of para-hydroxylation sites is 1. The van der Waals surface area contributed by atoms with Gasteiger partial charge in [0.05, 0.1) is 18.8 Å². The average molecular weight is 275 g/mol. The second kappa shape index (κ2) is 4.77. The van der Waals surface area contributed by atoms with Crippen LogP contribution in [0.4, 0.5) is 5.69 Å². The molecule has 1 N–H and O–H groups in total. The van der Waals surface area contributed by atoms with Crippen molar-refractivity contribution in [1.82, 2.24) is 0 Å². The quantitative estimate of drug-likeness (QED) is 0.797. The van der Waals surface area contributed by atoms with E-state index in [1.807, 2.05) is 31.2 Å². The van der Waals surface area contributed by atoms with Crippen LogP contribution < -0.4 is 4.90 Å². The lowest BCUT2D eigenvalue weighted by atomic mass is 9.82. The molecule has 1 aromatic rings. The first-order valence-corrected chi connectivity index (χ1v) is 7.22. The Balaban J connectivity index is 2.13. The number of rotatable bonds is 1. The van der Waals surface area contributed by atoms with Crippen LogP contribution in [0.25, 0.3) is 0 Å². The zero-order valence-corrected chi connectivity index (χ0v) is 12.0. The molecule has 0 bridgehead atoms. The minimum atomic E-state index is -0.881. The minimum Gasteiger partial charge on any atom is -0.468 e. The lowest BCUT2D eigenvalue weighted by molar-refractivity contribution is -0.144. The normalized spacial score (nSPS) is 32.2. The number of anilines is 1. The van der Waals surface area contributed by atoms with Gasteiger partial charge in [0.1, 0.15) is 5.92 Å². The molecule has 0 radical (unpaired) electrons. The minimum absolute atomic E-state index is 0.227. The smallest absolute Gasteiger partial charge is 0.315 e. The number of methoxy groups -OCH3 is 1. The van der Waals surface area contributed by atoms with Crippen molar-refractivity contribution in [3.63, 3.8) is 0 Å². The van der Waals surface area contributed by atoms with Gasteiger partial charge in [0.15, 0.2) is 0 Å². The van der Waals surface area contributed by atoms with Gasteiger partial charge in [0, 0.05) is 12.2 Å². The molecule has 0 aromatic heterocycles. The monoisotopic (exact) mass is 275 g/mol. The van der Waals surface area contributed by atoms with Crippen molar-refractivity contribution in [2.45, 2.75) is 43.7 Å². The summed E-state index contributed by atoms with van der Waals surface area (Å²) in [6.45, 7) is 2.73. The van der Waals surface area contributed by atoms with E-state index in [-0.39, 0.29) is 12.0 Å². The number of hydrogen-bond acceptors (Lipinski definition) is 4. The van der Waals surface area contributed by atoms with Gasteiger partial charge in [0.2, 0.25) is 0 Å². The van der Waals surface area contributed by atoms with Crippen molar-refractivity contribution in [2.75, 3.05) is 18.6 Å². The Morgan fingerprint density at radius 1 is 1.40 bits per heavy atom. The summed E-state index contributed by atoms with van der Waals surface area (Å²) in [6.07, 6.45) is 2.74. The standard InChI is InChI=1S/C16H21NO3/c1-16(19)9-5-6-10-17-12-8-4-3-7-11(12)13(14(16)17)15(18)20-2/h3-4,7-8,13-14,19H,5-6,9-10H2,1-2H3/t13-,14-,16+/m1/s1. The predicted molar refractivity (Wildman–Crippen MR) is 76.8 cm³/mol. The molecule has 3 rings (SSSR count). The maximum absolute atomic E-state index is 12.3. The molecule has 0 saturated carbocycles. The Kier molecular flexibility index (Phi) is 3.21. The number of fused-ring (bicyclic) bond motifs is 3. The number of carbonyl (C=O) groups is 1. The Morgan fingerprint density at radius 2 is 2.15 bits per heavy atom. The first-order chi connectivity index (χ1) is 9.56. The molecular weight excluding hydrogens is 254 g/mol. The van der Waals surface area contributed by atoms with Gasteiger partial charge >= 0.3 is 5.97 Å². The number of benzene rings is 1. The Labute approximate surface area is 119 Å². The number of carbonyl (C=O) groups excluding carboxylic acids is 1. The van der Waals surface area contributed by atoms with Crippen LogP contribution in [0, 0.1) is 0 Å². The molecule has 20 heavy (non-hydrogen) atoms. The van der Waals surface area contributed by atoms with E-state index < -0.39 is 11.5 Å². The lowest BCUT2D eigenvalue weighted by Crippen LogP contribution is -2.51. The number of hydrogen-bond donors (Lipinski definition) is 1. The van der Waals surface area contributed by atoms with E-state index in [4.69, 9.17) is 4.74 Å². The van der Waals surface area contributed by atoms with Crippen molar-refractivity contribution in [1.29, 1.82) is 0 Å². The summed E-state index contributed by atoms with van der Waals surface area (Å²) in [5.41, 5.74) is 1.16. The van der Waals surface area contributed by atoms with Crippen molar-refractivity contribution in [2.24, 2.45) is 0 Å². The maximum Gasteiger partial charge on any atom is 0.315 e. The molecule has 2 aliphatic heterocycles. The van der Waals surface area contributed by atoms with Crippen molar-refractivity contribution in [3.05, 3.63) is 29.8 Å². The lowest BCUT2D eigenvalue weighted by Gasteiger charge is -2.37. The van der Waals surface area contributed by atoms with Crippen LogP contribution in [0.3, 0.4) is 0 Å². The van der Waals surface area contributed by atoms with Crippen LogP contribution in [0.1, 0.15) is 37.7 Å². The zero-order chi connectivity index (χ0) is 14.3. The molecular formula is C16H21NO3. The number of aliphatic hydroxyl groups is 1. The highest BCUT2D eigenvalue weighted by Crippen LogP contribution is 2.47. The van der Waals surface area contributed by atoms with Gasteiger partial charge in [-0.3, -0.25) is 4.79 Å². The second-order valence-corrected chi connectivity index (χ2v) is 6.01. The van der Waals surface area contributed by atoms with Crippen LogP contribution in [0.15, 0.2) is 24.3 Å². The third-order valence-electron chi connectivity index (χ3n) is 4.66. The fourth-order valence-corrected chi connectivity index (χ4v) is 3.76. The van der Waals surface area contributed by atoms with Gasteiger partial charge in [-0.15, -0.1) is 0 Å². The van der Waals surface area contributed by atoms with Crippen molar-refractivity contribution in [3.8, 4) is 0 Å². The van der Waals surface area contributed by atoms with E-state index >= 15 is 0 Å². The molecule has 1 aromatic carbocycles. The van der Waals surface area contributed by atoms with Gasteiger partial charge in [0.25, 0.3) is 0 Å². The Morgan fingerprint density at radius 3 is 2.90 bits per heavy atom. The molecule has 3 atom stereocenters. The second-order valence-electron chi connectivity index (χ2n) is 6.01. The molecule has 2 heterocycles. The SMILES string of the molecule is COC(=O)[C@@H]1c2ccccc2N2CCCC[C@](C)(O)[C@@H]12. The van der Waals surface area contributed by atoms with Crippen molar-refractivity contribution < 1.29 is 14.6 Å². The summed E-state index contributed by atoms with van der Waals surface area (Å²) in [7, 11) is 1.42. The zero-order valence-electron chi connectivity index (χ0n) is 12.0. The van der Waals surface area contributed by atoms with E-state index in [1.54, 1.807) is 0 Å². The predicted octanol–water partition coefficient (Wildman–Crippen LogP) is 2.07. The first kappa shape index (κ1) is 13.4. The van der Waals surface area contributed by atoms with Crippen LogP contribution in [0.2, 0.25) is 0 Å². The fraction of sp³-hybridized carbons (Fsp3) is 0.562. The summed E-state index contributed by atoms with van der Waals surface area (Å²) < 4.78 is 5.00. The highest BCUT2D eigenvalue weighted by molar-refractivity contribution is 5.86. The largest absolute Gasteiger partial charge is 0.468 e. The summed E-state index contributed by atoms with van der Waals surface area (Å²) in [4.78, 5) is 14.5. The molecule has 2 aliphatic rings. The van der Waals surface area contributed by atoms with Gasteiger partial charge in [-0.2, -0.15) is 0 Å². The summed E-state index contributed by atoms with van der Waals surface area (Å²) >= 11 is 0. The highest BCUT2D eigenvalue weighted by atomic mass is 16.5. The van der Waals surface area contributed by atoms with E-state index in [0.717, 1.165) is 37.1 Å². The maximum atomic E-state index is 12.3. The number of nitrogens with zero attached hydrogens (tertiary/aromatic N) is 1. The summed E-state index contributed by atoms with van der Waals surface area (Å²) in [6, 6.07) is 7.70. The van der Waals surface area contributed by atoms with Gasteiger partial charge in [-0.05, 0) is 37.8 Å². The Hall–Kier alpha value is -1.55. The molecule has 0 spiro atoms. The first-order valence-electron chi connectivity index (χ1n) is 7.22. The number of esters is 1. The third-order valence-corrected chi connectivity index (χ3v) is 4.66. The van der Waals surface area contributed by atoms with Gasteiger partial charge < -0.3 is 14.7 Å². The molecule has 4 heteroatoms. The Bertz CT molecular complexity index is 526. The van der Waals surface area contributed by atoms with Crippen LogP contribution in [-0.2, 0) is 9.53 Å². The van der Waals surface area contributed by atoms with Crippen LogP contribution in [0.5, 0.6) is 0 Å².